The van der Waals surface area contributed by atoms with Crippen molar-refractivity contribution in [1.29, 1.82) is 0 Å². The number of aryl methyl sites for hydroxylation is 2. The molecule has 0 unspecified atom stereocenters. The van der Waals surface area contributed by atoms with E-state index in [1.54, 1.807) is 22.0 Å². The minimum absolute atomic E-state index is 0.000989. The molecule has 2 aromatic rings. The van der Waals surface area contributed by atoms with Gasteiger partial charge in [-0.3, -0.25) is 14.2 Å². The zero-order valence-electron chi connectivity index (χ0n) is 15.3. The van der Waals surface area contributed by atoms with Gasteiger partial charge in [-0.05, 0) is 45.1 Å². The Hall–Kier alpha value is -1.60. The molecule has 1 aliphatic carbocycles. The lowest BCUT2D eigenvalue weighted by Gasteiger charge is -2.11. The van der Waals surface area contributed by atoms with E-state index in [9.17, 15) is 9.59 Å². The normalized spacial score (nSPS) is 14.3. The first-order chi connectivity index (χ1) is 12.5. The molecule has 0 saturated carbocycles. The third kappa shape index (κ3) is 4.04. The van der Waals surface area contributed by atoms with Gasteiger partial charge in [-0.15, -0.1) is 17.9 Å². The van der Waals surface area contributed by atoms with Gasteiger partial charge in [0, 0.05) is 17.5 Å². The van der Waals surface area contributed by atoms with Gasteiger partial charge in [0.15, 0.2) is 5.16 Å². The Balaban J connectivity index is 2.00. The summed E-state index contributed by atoms with van der Waals surface area (Å²) in [7, 11) is 0. The smallest absolute Gasteiger partial charge is 0.263 e. The van der Waals surface area contributed by atoms with Crippen LogP contribution in [0.5, 0.6) is 0 Å². The number of rotatable bonds is 6. The van der Waals surface area contributed by atoms with Crippen LogP contribution in [0.1, 0.15) is 43.6 Å². The fourth-order valence-electron chi connectivity index (χ4n) is 3.29. The van der Waals surface area contributed by atoms with Crippen LogP contribution in [0.4, 0.5) is 0 Å². The molecule has 0 aliphatic heterocycles. The van der Waals surface area contributed by atoms with Crippen molar-refractivity contribution in [3.63, 3.8) is 0 Å². The highest BCUT2D eigenvalue weighted by Gasteiger charge is 2.21. The average Bonchev–Trinajstić information content (AvgIpc) is 2.77. The molecule has 0 fully saturated rings. The maximum absolute atomic E-state index is 13.2. The predicted octanol–water partition coefficient (Wildman–Crippen LogP) is 3.53. The number of thiophene rings is 1. The lowest BCUT2D eigenvalue weighted by molar-refractivity contribution is -0.119. The minimum atomic E-state index is -0.0496. The van der Waals surface area contributed by atoms with Crippen molar-refractivity contribution in [2.75, 3.05) is 5.75 Å². The van der Waals surface area contributed by atoms with Gasteiger partial charge in [-0.1, -0.05) is 24.3 Å². The fraction of sp³-hybridized carbons (Fsp3) is 0.526. The number of allylic oxidation sites excluding steroid dienone is 1. The molecule has 7 heteroatoms. The van der Waals surface area contributed by atoms with Crippen molar-refractivity contribution < 1.29 is 4.79 Å². The van der Waals surface area contributed by atoms with Gasteiger partial charge in [0.25, 0.3) is 5.56 Å². The van der Waals surface area contributed by atoms with Crippen LogP contribution in [-0.2, 0) is 24.2 Å². The molecule has 0 radical (unpaired) electrons. The molecule has 140 valence electrons. The average molecular weight is 392 g/mol. The van der Waals surface area contributed by atoms with E-state index in [0.29, 0.717) is 11.7 Å². The molecule has 0 aromatic carbocycles. The minimum Gasteiger partial charge on any atom is -0.353 e. The number of thioether (sulfide) groups is 1. The second-order valence-corrected chi connectivity index (χ2v) is 8.88. The van der Waals surface area contributed by atoms with Crippen molar-refractivity contribution in [2.45, 2.75) is 63.7 Å². The van der Waals surface area contributed by atoms with E-state index in [1.165, 1.54) is 35.0 Å². The molecule has 0 atom stereocenters. The number of aromatic nitrogens is 2. The first-order valence-corrected chi connectivity index (χ1v) is 10.9. The SMILES string of the molecule is C=CCn1c(SCC(=O)NC(C)C)nc2sc3c(c2c1=O)CCCCC3. The Morgan fingerprint density at radius 3 is 2.88 bits per heavy atom. The van der Waals surface area contributed by atoms with Crippen LogP contribution in [0.3, 0.4) is 0 Å². The van der Waals surface area contributed by atoms with Crippen molar-refractivity contribution in [2.24, 2.45) is 0 Å². The van der Waals surface area contributed by atoms with Crippen LogP contribution in [0.25, 0.3) is 10.2 Å². The maximum atomic E-state index is 13.2. The number of carbonyl (C=O) groups is 1. The number of carbonyl (C=O) groups excluding carboxylic acids is 1. The van der Waals surface area contributed by atoms with Crippen molar-refractivity contribution >= 4 is 39.2 Å². The van der Waals surface area contributed by atoms with Crippen molar-refractivity contribution in [1.82, 2.24) is 14.9 Å². The zero-order valence-corrected chi connectivity index (χ0v) is 17.0. The molecule has 2 aromatic heterocycles. The summed E-state index contributed by atoms with van der Waals surface area (Å²) in [6, 6.07) is 0.0989. The van der Waals surface area contributed by atoms with E-state index in [-0.39, 0.29) is 23.3 Å². The Bertz CT molecular complexity index is 883. The van der Waals surface area contributed by atoms with E-state index in [4.69, 9.17) is 4.98 Å². The van der Waals surface area contributed by atoms with Gasteiger partial charge in [-0.25, -0.2) is 4.98 Å². The maximum Gasteiger partial charge on any atom is 0.263 e. The molecule has 0 saturated heterocycles. The molecule has 1 aliphatic rings. The van der Waals surface area contributed by atoms with Crippen LogP contribution >= 0.6 is 23.1 Å². The van der Waals surface area contributed by atoms with Gasteiger partial charge in [-0.2, -0.15) is 0 Å². The highest BCUT2D eigenvalue weighted by atomic mass is 32.2. The Kier molecular flexibility index (Phi) is 6.19. The largest absolute Gasteiger partial charge is 0.353 e. The molecule has 1 amide bonds. The number of nitrogens with zero attached hydrogens (tertiary/aromatic N) is 2. The second-order valence-electron chi connectivity index (χ2n) is 6.85. The van der Waals surface area contributed by atoms with E-state index in [0.717, 1.165) is 29.5 Å². The Morgan fingerprint density at radius 1 is 1.38 bits per heavy atom. The van der Waals surface area contributed by atoms with Gasteiger partial charge in [0.05, 0.1) is 11.1 Å². The van der Waals surface area contributed by atoms with Crippen molar-refractivity contribution in [3.8, 4) is 0 Å². The number of amides is 1. The summed E-state index contributed by atoms with van der Waals surface area (Å²) in [5, 5.41) is 4.25. The van der Waals surface area contributed by atoms with Gasteiger partial charge in [0.1, 0.15) is 4.83 Å². The van der Waals surface area contributed by atoms with Crippen molar-refractivity contribution in [3.05, 3.63) is 33.4 Å². The second kappa shape index (κ2) is 8.39. The van der Waals surface area contributed by atoms with Crippen LogP contribution in [0.2, 0.25) is 0 Å². The highest BCUT2D eigenvalue weighted by molar-refractivity contribution is 7.99. The van der Waals surface area contributed by atoms with E-state index in [1.807, 2.05) is 13.8 Å². The number of hydrogen-bond donors (Lipinski definition) is 1. The molecular weight excluding hydrogens is 366 g/mol. The van der Waals surface area contributed by atoms with Crippen LogP contribution in [-0.4, -0.2) is 27.3 Å². The van der Waals surface area contributed by atoms with E-state index < -0.39 is 0 Å². The topological polar surface area (TPSA) is 64.0 Å². The lowest BCUT2D eigenvalue weighted by atomic mass is 10.1. The number of nitrogens with one attached hydrogen (secondary N) is 1. The molecule has 1 N–H and O–H groups in total. The Labute approximate surface area is 161 Å². The first-order valence-electron chi connectivity index (χ1n) is 9.09. The van der Waals surface area contributed by atoms with Gasteiger partial charge < -0.3 is 5.32 Å². The summed E-state index contributed by atoms with van der Waals surface area (Å²) in [4.78, 5) is 32.0. The summed E-state index contributed by atoms with van der Waals surface area (Å²) < 4.78 is 1.65. The van der Waals surface area contributed by atoms with Crippen LogP contribution in [0, 0.1) is 0 Å². The summed E-state index contributed by atoms with van der Waals surface area (Å²) in [5.41, 5.74) is 1.20. The Morgan fingerprint density at radius 2 is 2.15 bits per heavy atom. The van der Waals surface area contributed by atoms with E-state index in [2.05, 4.69) is 11.9 Å². The lowest BCUT2D eigenvalue weighted by Crippen LogP contribution is -2.32. The molecule has 2 heterocycles. The summed E-state index contributed by atoms with van der Waals surface area (Å²) in [5.74, 6) is 0.199. The molecule has 5 nitrogen and oxygen atoms in total. The fourth-order valence-corrected chi connectivity index (χ4v) is 5.41. The summed E-state index contributed by atoms with van der Waals surface area (Å²) in [6.45, 7) is 8.03. The monoisotopic (exact) mass is 391 g/mol. The third-order valence-corrected chi connectivity index (χ3v) is 6.55. The first kappa shape index (κ1) is 19.2. The quantitative estimate of drug-likeness (QED) is 0.354. The molecule has 26 heavy (non-hydrogen) atoms. The van der Waals surface area contributed by atoms with Gasteiger partial charge in [0.2, 0.25) is 5.91 Å². The number of fused-ring (bicyclic) bond motifs is 3. The number of hydrogen-bond acceptors (Lipinski definition) is 5. The zero-order chi connectivity index (χ0) is 18.7. The highest BCUT2D eigenvalue weighted by Crippen LogP contribution is 2.34. The van der Waals surface area contributed by atoms with Crippen LogP contribution in [0.15, 0.2) is 22.6 Å². The molecular formula is C19H25N3O2S2. The molecule has 0 bridgehead atoms. The summed E-state index contributed by atoms with van der Waals surface area (Å²) in [6.07, 6.45) is 7.23. The summed E-state index contributed by atoms with van der Waals surface area (Å²) >= 11 is 2.96. The third-order valence-electron chi connectivity index (χ3n) is 4.38. The molecule has 0 spiro atoms. The van der Waals surface area contributed by atoms with Gasteiger partial charge >= 0.3 is 0 Å². The predicted molar refractivity (Wildman–Crippen MR) is 109 cm³/mol. The van der Waals surface area contributed by atoms with Crippen LogP contribution < -0.4 is 10.9 Å². The van der Waals surface area contributed by atoms with E-state index >= 15 is 0 Å². The molecule has 3 rings (SSSR count). The standard InChI is InChI=1S/C19H25N3O2S2/c1-4-10-22-18(24)16-13-8-6-5-7-9-14(13)26-17(16)21-19(22)25-11-15(23)20-12(2)3/h4,12H,1,5-11H2,2-3H3,(H,20,23).